The number of hydrogen-bond acceptors (Lipinski definition) is 10. The molecule has 0 radical (unpaired) electrons. The maximum Gasteiger partial charge on any atom is 0.329 e. The standard InChI is InChI=1S/C29H44N4O5S3/c1-5-6-7-8-9-13-24(35)39-14-11-10-12-20-15-22(34)30-16-23-31-21(17-40-23)26-33-29(4,18-41-26)28(37)32-25(19(2)3)27(36)38-20/h17,19-20,25H,5-16,18H2,1-4H3,(H,30,34)(H,32,37)/t20-,25+,29+/m1/s1. The summed E-state index contributed by atoms with van der Waals surface area (Å²) in [6.45, 7) is 7.91. The van der Waals surface area contributed by atoms with Gasteiger partial charge in [0.2, 0.25) is 11.8 Å². The predicted octanol–water partition coefficient (Wildman–Crippen LogP) is 5.26. The van der Waals surface area contributed by atoms with Crippen LogP contribution in [0.15, 0.2) is 10.4 Å². The Morgan fingerprint density at radius 1 is 1.17 bits per heavy atom. The highest BCUT2D eigenvalue weighted by Gasteiger charge is 2.41. The van der Waals surface area contributed by atoms with Crippen LogP contribution in [0.1, 0.15) is 103 Å². The zero-order chi connectivity index (χ0) is 29.8. The first-order chi connectivity index (χ1) is 19.6. The van der Waals surface area contributed by atoms with Crippen molar-refractivity contribution >= 4 is 62.8 Å². The van der Waals surface area contributed by atoms with E-state index in [-0.39, 0.29) is 35.8 Å². The minimum absolute atomic E-state index is 0.0207. The first-order valence-electron chi connectivity index (χ1n) is 14.7. The van der Waals surface area contributed by atoms with E-state index in [9.17, 15) is 19.2 Å². The Kier molecular flexibility index (Phi) is 13.6. The number of nitrogens with zero attached hydrogens (tertiary/aromatic N) is 2. The van der Waals surface area contributed by atoms with Crippen molar-refractivity contribution in [3.05, 3.63) is 16.1 Å². The Hall–Kier alpha value is -1.92. The van der Waals surface area contributed by atoms with Crippen LogP contribution in [0.25, 0.3) is 0 Å². The van der Waals surface area contributed by atoms with Gasteiger partial charge in [-0.25, -0.2) is 9.78 Å². The molecule has 0 saturated carbocycles. The number of thioether (sulfide) groups is 2. The average molecular weight is 625 g/mol. The summed E-state index contributed by atoms with van der Waals surface area (Å²) in [5.41, 5.74) is -0.328. The Balaban J connectivity index is 1.61. The third-order valence-corrected chi connectivity index (χ3v) is 10.3. The van der Waals surface area contributed by atoms with Gasteiger partial charge in [-0.05, 0) is 38.5 Å². The second kappa shape index (κ2) is 16.6. The molecule has 12 heteroatoms. The number of aromatic nitrogens is 1. The van der Waals surface area contributed by atoms with Crippen molar-refractivity contribution in [3.8, 4) is 0 Å². The van der Waals surface area contributed by atoms with Crippen molar-refractivity contribution in [3.63, 3.8) is 0 Å². The van der Waals surface area contributed by atoms with Gasteiger partial charge in [0.1, 0.15) is 33.4 Å². The van der Waals surface area contributed by atoms with E-state index < -0.39 is 23.7 Å². The highest BCUT2D eigenvalue weighted by atomic mass is 32.2. The SMILES string of the molecule is CCCCCCCC(=O)SCCCC[C@@H]1CC(=O)NCc2nc(cs2)C2=N[C@@](C)(CS2)C(=O)N[C@@H](C(C)C)C(=O)O1. The second-order valence-corrected chi connectivity index (χ2v) is 14.3. The zero-order valence-corrected chi connectivity index (χ0v) is 27.1. The third kappa shape index (κ3) is 10.7. The topological polar surface area (TPSA) is 127 Å². The van der Waals surface area contributed by atoms with E-state index in [4.69, 9.17) is 4.74 Å². The number of ether oxygens (including phenoxy) is 1. The molecule has 3 atom stereocenters. The first-order valence-corrected chi connectivity index (χ1v) is 17.6. The summed E-state index contributed by atoms with van der Waals surface area (Å²) in [4.78, 5) is 60.9. The number of esters is 1. The number of cyclic esters (lactones) is 1. The van der Waals surface area contributed by atoms with E-state index in [1.807, 2.05) is 19.2 Å². The van der Waals surface area contributed by atoms with E-state index in [1.165, 1.54) is 54.1 Å². The van der Waals surface area contributed by atoms with Crippen molar-refractivity contribution in [2.45, 2.75) is 116 Å². The Morgan fingerprint density at radius 3 is 2.71 bits per heavy atom. The number of hydrogen-bond donors (Lipinski definition) is 2. The molecule has 0 unspecified atom stereocenters. The maximum atomic E-state index is 13.3. The molecule has 0 fully saturated rings. The molecule has 3 rings (SSSR count). The average Bonchev–Trinajstić information content (AvgIpc) is 3.56. The number of rotatable bonds is 12. The van der Waals surface area contributed by atoms with Crippen LogP contribution in [0.5, 0.6) is 0 Å². The van der Waals surface area contributed by atoms with Gasteiger partial charge in [0.15, 0.2) is 5.12 Å². The van der Waals surface area contributed by atoms with E-state index >= 15 is 0 Å². The quantitative estimate of drug-likeness (QED) is 0.238. The van der Waals surface area contributed by atoms with Crippen LogP contribution in [0.3, 0.4) is 0 Å². The molecular weight excluding hydrogens is 581 g/mol. The monoisotopic (exact) mass is 624 g/mol. The third-order valence-electron chi connectivity index (χ3n) is 7.11. The Morgan fingerprint density at radius 2 is 1.95 bits per heavy atom. The van der Waals surface area contributed by atoms with Crippen LogP contribution < -0.4 is 10.6 Å². The van der Waals surface area contributed by atoms with Crippen molar-refractivity contribution in [2.24, 2.45) is 10.9 Å². The predicted molar refractivity (Wildman–Crippen MR) is 167 cm³/mol. The van der Waals surface area contributed by atoms with Gasteiger partial charge in [0.25, 0.3) is 0 Å². The van der Waals surface area contributed by atoms with Gasteiger partial charge in [-0.1, -0.05) is 58.2 Å². The van der Waals surface area contributed by atoms with Crippen molar-refractivity contribution in [2.75, 3.05) is 11.5 Å². The fourth-order valence-electron chi connectivity index (χ4n) is 4.53. The van der Waals surface area contributed by atoms with Gasteiger partial charge in [0.05, 0.1) is 13.0 Å². The maximum absolute atomic E-state index is 13.3. The van der Waals surface area contributed by atoms with Crippen molar-refractivity contribution in [1.82, 2.24) is 15.6 Å². The molecule has 2 amide bonds. The lowest BCUT2D eigenvalue weighted by molar-refractivity contribution is -0.156. The summed E-state index contributed by atoms with van der Waals surface area (Å²) in [6.07, 6.45) is 7.62. The van der Waals surface area contributed by atoms with Gasteiger partial charge < -0.3 is 15.4 Å². The second-order valence-electron chi connectivity index (χ2n) is 11.2. The molecule has 1 aromatic heterocycles. The zero-order valence-electron chi connectivity index (χ0n) is 24.7. The van der Waals surface area contributed by atoms with Crippen LogP contribution in [0, 0.1) is 5.92 Å². The lowest BCUT2D eigenvalue weighted by Crippen LogP contribution is -2.53. The molecule has 0 aromatic carbocycles. The smallest absolute Gasteiger partial charge is 0.329 e. The summed E-state index contributed by atoms with van der Waals surface area (Å²) in [7, 11) is 0. The number of amides is 2. The molecule has 228 valence electrons. The fourth-order valence-corrected chi connectivity index (χ4v) is 7.32. The van der Waals surface area contributed by atoms with Gasteiger partial charge in [-0.2, -0.15) is 0 Å². The van der Waals surface area contributed by atoms with Gasteiger partial charge >= 0.3 is 5.97 Å². The van der Waals surface area contributed by atoms with Crippen molar-refractivity contribution < 1.29 is 23.9 Å². The molecule has 3 heterocycles. The molecule has 2 aliphatic heterocycles. The molecular formula is C29H44N4O5S3. The first kappa shape index (κ1) is 33.6. The van der Waals surface area contributed by atoms with E-state index in [1.54, 1.807) is 6.92 Å². The number of nitrogens with one attached hydrogen (secondary N) is 2. The molecule has 2 aliphatic rings. The molecule has 4 bridgehead atoms. The summed E-state index contributed by atoms with van der Waals surface area (Å²) in [6, 6.07) is -0.863. The molecule has 1 aromatic rings. The van der Waals surface area contributed by atoms with Gasteiger partial charge in [-0.15, -0.1) is 23.1 Å². The molecule has 0 saturated heterocycles. The summed E-state index contributed by atoms with van der Waals surface area (Å²) in [5.74, 6) is -0.182. The normalized spacial score (nSPS) is 23.6. The summed E-state index contributed by atoms with van der Waals surface area (Å²) >= 11 is 4.25. The van der Waals surface area contributed by atoms with E-state index in [0.717, 1.165) is 24.3 Å². The minimum atomic E-state index is -1.02. The number of aliphatic imine (C=N–C) groups is 1. The van der Waals surface area contributed by atoms with Gasteiger partial charge in [-0.3, -0.25) is 19.4 Å². The number of thiazole rings is 1. The molecule has 9 nitrogen and oxygen atoms in total. The van der Waals surface area contributed by atoms with Crippen LogP contribution in [0.4, 0.5) is 0 Å². The van der Waals surface area contributed by atoms with E-state index in [2.05, 4.69) is 27.5 Å². The molecule has 41 heavy (non-hydrogen) atoms. The highest BCUT2D eigenvalue weighted by molar-refractivity contribution is 8.14. The number of carbonyl (C=O) groups is 4. The Labute approximate surface area is 256 Å². The molecule has 2 N–H and O–H groups in total. The molecule has 0 spiro atoms. The summed E-state index contributed by atoms with van der Waals surface area (Å²) < 4.78 is 5.86. The van der Waals surface area contributed by atoms with Crippen LogP contribution in [0.2, 0.25) is 0 Å². The van der Waals surface area contributed by atoms with Crippen LogP contribution in [-0.4, -0.2) is 62.1 Å². The highest BCUT2D eigenvalue weighted by Crippen LogP contribution is 2.32. The minimum Gasteiger partial charge on any atom is -0.460 e. The lowest BCUT2D eigenvalue weighted by atomic mass is 10.00. The van der Waals surface area contributed by atoms with Gasteiger partial charge in [0, 0.05) is 23.3 Å². The number of carbonyl (C=O) groups excluding carboxylic acids is 4. The lowest BCUT2D eigenvalue weighted by Gasteiger charge is -2.27. The van der Waals surface area contributed by atoms with E-state index in [0.29, 0.717) is 41.5 Å². The van der Waals surface area contributed by atoms with Crippen LogP contribution in [-0.2, 0) is 30.5 Å². The fraction of sp³-hybridized carbons (Fsp3) is 0.724. The number of fused-ring (bicyclic) bond motifs is 4. The van der Waals surface area contributed by atoms with Crippen molar-refractivity contribution in [1.29, 1.82) is 0 Å². The number of unbranched alkanes of at least 4 members (excludes halogenated alkanes) is 5. The molecule has 0 aliphatic carbocycles. The van der Waals surface area contributed by atoms with Crippen LogP contribution >= 0.6 is 34.9 Å². The largest absolute Gasteiger partial charge is 0.460 e. The summed E-state index contributed by atoms with van der Waals surface area (Å²) in [5, 5.41) is 9.30. The Bertz CT molecular complexity index is 1090.